The molecule has 2 rings (SSSR count). The summed E-state index contributed by atoms with van der Waals surface area (Å²) in [5.41, 5.74) is 3.78. The Morgan fingerprint density at radius 3 is 2.33 bits per heavy atom. The third-order valence-electron chi connectivity index (χ3n) is 3.05. The fourth-order valence-electron chi connectivity index (χ4n) is 2.04. The molecule has 3 nitrogen and oxygen atoms in total. The van der Waals surface area contributed by atoms with Crippen LogP contribution in [0.25, 0.3) is 11.1 Å². The van der Waals surface area contributed by atoms with E-state index in [2.05, 4.69) is 22.0 Å². The summed E-state index contributed by atoms with van der Waals surface area (Å²) in [5.74, 6) is 0.823. The zero-order valence-electron chi connectivity index (χ0n) is 10.5. The predicted octanol–water partition coefficient (Wildman–Crippen LogP) is 3.64. The number of methoxy groups -OCH3 is 1. The molecule has 1 aromatic heterocycles. The summed E-state index contributed by atoms with van der Waals surface area (Å²) in [6, 6.07) is 10.0. The smallest absolute Gasteiger partial charge is 0.124 e. The number of hydrogen-bond donors (Lipinski definition) is 0. The minimum Gasteiger partial charge on any atom is -0.497 e. The van der Waals surface area contributed by atoms with E-state index in [1.54, 1.807) is 7.11 Å². The van der Waals surface area contributed by atoms with Gasteiger partial charge in [-0.15, -0.1) is 0 Å². The van der Waals surface area contributed by atoms with Crippen LogP contribution in [0.5, 0.6) is 5.75 Å². The normalized spacial score (nSPS) is 10.2. The van der Waals surface area contributed by atoms with Crippen molar-refractivity contribution < 1.29 is 4.74 Å². The first-order chi connectivity index (χ1) is 8.60. The Balaban J connectivity index is 2.61. The largest absolute Gasteiger partial charge is 0.497 e. The van der Waals surface area contributed by atoms with Crippen LogP contribution >= 0.6 is 15.9 Å². The maximum Gasteiger partial charge on any atom is 0.124 e. The van der Waals surface area contributed by atoms with E-state index in [0.29, 0.717) is 5.69 Å². The van der Waals surface area contributed by atoms with Crippen LogP contribution in [-0.4, -0.2) is 11.7 Å². The van der Waals surface area contributed by atoms with E-state index in [9.17, 15) is 0 Å². The second-order valence-electron chi connectivity index (χ2n) is 4.04. The first-order valence-electron chi connectivity index (χ1n) is 5.49. The number of nitrogens with zero attached hydrogens (tertiary/aromatic N) is 2. The fourth-order valence-corrected chi connectivity index (χ4v) is 2.75. The highest BCUT2D eigenvalue weighted by atomic mass is 79.9. The van der Waals surface area contributed by atoms with Gasteiger partial charge in [0, 0.05) is 12.6 Å². The molecule has 92 valence electrons. The Hall–Kier alpha value is -1.73. The number of halogens is 1. The van der Waals surface area contributed by atoms with Gasteiger partial charge in [0.05, 0.1) is 11.7 Å². The zero-order valence-corrected chi connectivity index (χ0v) is 12.1. The van der Waals surface area contributed by atoms with Gasteiger partial charge in [-0.3, -0.25) is 0 Å². The van der Waals surface area contributed by atoms with Crippen LogP contribution in [-0.2, 0) is 7.05 Å². The lowest BCUT2D eigenvalue weighted by Crippen LogP contribution is -1.91. The lowest BCUT2D eigenvalue weighted by atomic mass is 10.0. The highest BCUT2D eigenvalue weighted by molar-refractivity contribution is 9.10. The molecule has 0 N–H and O–H groups in total. The molecule has 1 aromatic carbocycles. The molecule has 0 aliphatic carbocycles. The van der Waals surface area contributed by atoms with Crippen LogP contribution < -0.4 is 4.74 Å². The van der Waals surface area contributed by atoms with E-state index < -0.39 is 0 Å². The third-order valence-corrected chi connectivity index (χ3v) is 3.98. The molecule has 0 aliphatic heterocycles. The molecule has 0 bridgehead atoms. The minimum absolute atomic E-state index is 0.674. The zero-order chi connectivity index (χ0) is 13.3. The van der Waals surface area contributed by atoms with Crippen LogP contribution in [0.2, 0.25) is 0 Å². The molecule has 18 heavy (non-hydrogen) atoms. The van der Waals surface area contributed by atoms with Crippen molar-refractivity contribution in [3.63, 3.8) is 0 Å². The highest BCUT2D eigenvalue weighted by Gasteiger charge is 2.17. The third kappa shape index (κ3) is 1.91. The van der Waals surface area contributed by atoms with E-state index in [4.69, 9.17) is 10.00 Å². The minimum atomic E-state index is 0.674. The van der Waals surface area contributed by atoms with Crippen LogP contribution in [0, 0.1) is 18.3 Å². The molecule has 0 amide bonds. The maximum absolute atomic E-state index is 9.15. The summed E-state index contributed by atoms with van der Waals surface area (Å²) >= 11 is 3.55. The van der Waals surface area contributed by atoms with Gasteiger partial charge in [0.2, 0.25) is 0 Å². The van der Waals surface area contributed by atoms with Gasteiger partial charge in [-0.25, -0.2) is 0 Å². The van der Waals surface area contributed by atoms with E-state index in [0.717, 1.165) is 27.0 Å². The standard InChI is InChI=1S/C14H13BrN2O/c1-9-12(8-16)17(2)14(15)13(9)10-4-6-11(18-3)7-5-10/h4-7H,1-3H3. The summed E-state index contributed by atoms with van der Waals surface area (Å²) in [4.78, 5) is 0. The number of nitriles is 1. The van der Waals surface area contributed by atoms with Gasteiger partial charge in [-0.1, -0.05) is 12.1 Å². The first kappa shape index (κ1) is 12.7. The highest BCUT2D eigenvalue weighted by Crippen LogP contribution is 2.35. The van der Waals surface area contributed by atoms with Crippen LogP contribution in [0.15, 0.2) is 28.9 Å². The molecular weight excluding hydrogens is 292 g/mol. The molecule has 2 aromatic rings. The van der Waals surface area contributed by atoms with Gasteiger partial charge in [0.25, 0.3) is 0 Å². The summed E-state index contributed by atoms with van der Waals surface area (Å²) in [6.07, 6.45) is 0. The monoisotopic (exact) mass is 304 g/mol. The molecule has 0 fully saturated rings. The van der Waals surface area contributed by atoms with E-state index in [-0.39, 0.29) is 0 Å². The SMILES string of the molecule is COc1ccc(-c2c(C)c(C#N)n(C)c2Br)cc1. The van der Waals surface area contributed by atoms with Crippen molar-refractivity contribution in [2.45, 2.75) is 6.92 Å². The number of benzene rings is 1. The van der Waals surface area contributed by atoms with Crippen LogP contribution in [0.3, 0.4) is 0 Å². The second-order valence-corrected chi connectivity index (χ2v) is 4.79. The van der Waals surface area contributed by atoms with Crippen molar-refractivity contribution >= 4 is 15.9 Å². The second kappa shape index (κ2) is 4.87. The number of aromatic nitrogens is 1. The summed E-state index contributed by atoms with van der Waals surface area (Å²) in [7, 11) is 3.52. The number of ether oxygens (including phenoxy) is 1. The van der Waals surface area contributed by atoms with Gasteiger partial charge in [-0.2, -0.15) is 5.26 Å². The Labute approximate surface area is 115 Å². The molecule has 0 unspecified atom stereocenters. The molecular formula is C14H13BrN2O. The van der Waals surface area contributed by atoms with Crippen LogP contribution in [0.1, 0.15) is 11.3 Å². The lowest BCUT2D eigenvalue weighted by Gasteiger charge is -2.04. The van der Waals surface area contributed by atoms with E-state index in [1.807, 2.05) is 42.8 Å². The molecule has 0 saturated heterocycles. The maximum atomic E-state index is 9.15. The fraction of sp³-hybridized carbons (Fsp3) is 0.214. The van der Waals surface area contributed by atoms with Crippen molar-refractivity contribution in [2.24, 2.45) is 7.05 Å². The molecule has 0 spiro atoms. The number of rotatable bonds is 2. The average molecular weight is 305 g/mol. The molecule has 0 atom stereocenters. The van der Waals surface area contributed by atoms with Crippen LogP contribution in [0.4, 0.5) is 0 Å². The first-order valence-corrected chi connectivity index (χ1v) is 6.28. The summed E-state index contributed by atoms with van der Waals surface area (Å²) in [5, 5.41) is 9.15. The Morgan fingerprint density at radius 1 is 1.28 bits per heavy atom. The Bertz CT molecular complexity index is 621. The van der Waals surface area contributed by atoms with Crippen molar-refractivity contribution in [3.05, 3.63) is 40.1 Å². The summed E-state index contributed by atoms with van der Waals surface area (Å²) in [6.45, 7) is 1.96. The van der Waals surface area contributed by atoms with Crippen molar-refractivity contribution in [2.75, 3.05) is 7.11 Å². The average Bonchev–Trinajstić information content (AvgIpc) is 2.60. The lowest BCUT2D eigenvalue weighted by molar-refractivity contribution is 0.415. The molecule has 0 aliphatic rings. The number of hydrogen-bond acceptors (Lipinski definition) is 2. The van der Waals surface area contributed by atoms with Gasteiger partial charge < -0.3 is 9.30 Å². The van der Waals surface area contributed by atoms with E-state index in [1.165, 1.54) is 0 Å². The summed E-state index contributed by atoms with van der Waals surface area (Å²) < 4.78 is 7.92. The Kier molecular flexibility index (Phi) is 3.44. The van der Waals surface area contributed by atoms with Gasteiger partial charge in [0.15, 0.2) is 0 Å². The topological polar surface area (TPSA) is 37.9 Å². The molecule has 1 heterocycles. The van der Waals surface area contributed by atoms with Gasteiger partial charge in [0.1, 0.15) is 17.5 Å². The van der Waals surface area contributed by atoms with Gasteiger partial charge in [-0.05, 0) is 46.1 Å². The van der Waals surface area contributed by atoms with Crippen molar-refractivity contribution in [1.29, 1.82) is 5.26 Å². The van der Waals surface area contributed by atoms with E-state index >= 15 is 0 Å². The molecule has 0 radical (unpaired) electrons. The predicted molar refractivity (Wildman–Crippen MR) is 74.6 cm³/mol. The van der Waals surface area contributed by atoms with Crippen molar-refractivity contribution in [1.82, 2.24) is 4.57 Å². The van der Waals surface area contributed by atoms with Gasteiger partial charge >= 0.3 is 0 Å². The quantitative estimate of drug-likeness (QED) is 0.849. The molecule has 4 heteroatoms. The Morgan fingerprint density at radius 2 is 1.89 bits per heavy atom. The van der Waals surface area contributed by atoms with Crippen molar-refractivity contribution in [3.8, 4) is 22.9 Å². The molecule has 0 saturated carbocycles.